The number of imidazole rings is 1. The van der Waals surface area contributed by atoms with Gasteiger partial charge in [0.25, 0.3) is 0 Å². The van der Waals surface area contributed by atoms with Gasteiger partial charge in [-0.3, -0.25) is 4.40 Å². The standard InChI is InChI=1S/C35H24N4S/c1-3-9-24(10-4-1)29-21-30(25-11-5-2-6-12-25)37-34(36-29)26-17-15-23(16-18-26)27-19-20-32-38-33-28-13-7-8-14-31(28)40-35(33)39(32)22-27/h1-5,7-11,13-22H,6,12H2. The second kappa shape index (κ2) is 9.40. The number of allylic oxidation sites excluding steroid dienone is 4. The first-order valence-electron chi connectivity index (χ1n) is 13.5. The Morgan fingerprint density at radius 1 is 0.675 bits per heavy atom. The summed E-state index contributed by atoms with van der Waals surface area (Å²) in [5, 5.41) is 1.22. The molecule has 1 aliphatic carbocycles. The summed E-state index contributed by atoms with van der Waals surface area (Å²) in [7, 11) is 0. The minimum Gasteiger partial charge on any atom is -0.290 e. The Morgan fingerprint density at radius 3 is 2.30 bits per heavy atom. The van der Waals surface area contributed by atoms with Gasteiger partial charge in [-0.05, 0) is 53.8 Å². The Bertz CT molecular complexity index is 2100. The van der Waals surface area contributed by atoms with Crippen molar-refractivity contribution in [2.24, 2.45) is 0 Å². The number of pyridine rings is 1. The molecule has 40 heavy (non-hydrogen) atoms. The van der Waals surface area contributed by atoms with Gasteiger partial charge in [0.15, 0.2) is 5.82 Å². The molecule has 0 amide bonds. The van der Waals surface area contributed by atoms with E-state index in [2.05, 4.69) is 120 Å². The molecule has 7 aromatic rings. The van der Waals surface area contributed by atoms with E-state index in [9.17, 15) is 0 Å². The fourth-order valence-corrected chi connectivity index (χ4v) is 6.57. The minimum absolute atomic E-state index is 0.746. The SMILES string of the molecule is C1=CCCC(c2cc(-c3ccccc3)nc(-c3ccc(-c4ccc5nc6c7ccccc7sc6n5c4)cc3)n2)=C1. The van der Waals surface area contributed by atoms with Gasteiger partial charge >= 0.3 is 0 Å². The molecule has 0 saturated carbocycles. The van der Waals surface area contributed by atoms with E-state index in [1.54, 1.807) is 11.3 Å². The van der Waals surface area contributed by atoms with Crippen LogP contribution in [0.1, 0.15) is 18.5 Å². The summed E-state index contributed by atoms with van der Waals surface area (Å²) in [6, 6.07) is 33.8. The highest BCUT2D eigenvalue weighted by Gasteiger charge is 2.14. The molecule has 0 bridgehead atoms. The fraction of sp³-hybridized carbons (Fsp3) is 0.0571. The second-order valence-corrected chi connectivity index (χ2v) is 11.1. The van der Waals surface area contributed by atoms with Gasteiger partial charge in [-0.25, -0.2) is 15.0 Å². The lowest BCUT2D eigenvalue weighted by Gasteiger charge is -2.13. The van der Waals surface area contributed by atoms with Crippen LogP contribution in [0.4, 0.5) is 0 Å². The molecule has 0 aliphatic heterocycles. The molecule has 0 fully saturated rings. The van der Waals surface area contributed by atoms with Crippen molar-refractivity contribution >= 4 is 43.0 Å². The van der Waals surface area contributed by atoms with Crippen molar-refractivity contribution in [2.45, 2.75) is 12.8 Å². The lowest BCUT2D eigenvalue weighted by Crippen LogP contribution is -1.99. The molecule has 4 heterocycles. The summed E-state index contributed by atoms with van der Waals surface area (Å²) in [4.78, 5) is 16.1. The van der Waals surface area contributed by atoms with Crippen LogP contribution in [0.2, 0.25) is 0 Å². The van der Waals surface area contributed by atoms with Gasteiger partial charge in [-0.2, -0.15) is 0 Å². The monoisotopic (exact) mass is 532 g/mol. The molecule has 3 aromatic carbocycles. The summed E-state index contributed by atoms with van der Waals surface area (Å²) >= 11 is 1.79. The van der Waals surface area contributed by atoms with Gasteiger partial charge in [0, 0.05) is 27.4 Å². The van der Waals surface area contributed by atoms with E-state index in [1.807, 2.05) is 6.07 Å². The first-order chi connectivity index (χ1) is 19.8. The van der Waals surface area contributed by atoms with Crippen LogP contribution in [0.25, 0.3) is 65.4 Å². The van der Waals surface area contributed by atoms with Gasteiger partial charge in [0.05, 0.1) is 11.4 Å². The van der Waals surface area contributed by atoms with E-state index < -0.39 is 0 Å². The fourth-order valence-electron chi connectivity index (χ4n) is 5.45. The van der Waals surface area contributed by atoms with Crippen molar-refractivity contribution in [1.82, 2.24) is 19.4 Å². The molecule has 190 valence electrons. The summed E-state index contributed by atoms with van der Waals surface area (Å²) in [5.74, 6) is 0.746. The Labute approximate surface area is 235 Å². The smallest absolute Gasteiger partial charge is 0.160 e. The molecule has 0 unspecified atom stereocenters. The Balaban J connectivity index is 1.19. The molecule has 0 saturated heterocycles. The molecule has 4 aromatic heterocycles. The number of hydrogen-bond donors (Lipinski definition) is 0. The second-order valence-electron chi connectivity index (χ2n) is 10.1. The summed E-state index contributed by atoms with van der Waals surface area (Å²) in [6.45, 7) is 0. The van der Waals surface area contributed by atoms with Crippen molar-refractivity contribution in [3.05, 3.63) is 127 Å². The number of rotatable bonds is 4. The maximum absolute atomic E-state index is 5.02. The number of hydrogen-bond acceptors (Lipinski definition) is 4. The van der Waals surface area contributed by atoms with Crippen LogP contribution >= 0.6 is 11.3 Å². The molecule has 1 aliphatic rings. The lowest BCUT2D eigenvalue weighted by molar-refractivity contribution is 1.03. The molecular weight excluding hydrogens is 508 g/mol. The van der Waals surface area contributed by atoms with E-state index in [0.29, 0.717) is 0 Å². The third kappa shape index (κ3) is 3.94. The van der Waals surface area contributed by atoms with Gasteiger partial charge < -0.3 is 0 Å². The number of nitrogens with zero attached hydrogens (tertiary/aromatic N) is 4. The van der Waals surface area contributed by atoms with Crippen LogP contribution in [0.3, 0.4) is 0 Å². The van der Waals surface area contributed by atoms with Crippen LogP contribution in [-0.2, 0) is 0 Å². The van der Waals surface area contributed by atoms with Crippen molar-refractivity contribution < 1.29 is 0 Å². The van der Waals surface area contributed by atoms with Crippen molar-refractivity contribution in [3.63, 3.8) is 0 Å². The average Bonchev–Trinajstić information content (AvgIpc) is 3.58. The van der Waals surface area contributed by atoms with E-state index in [1.165, 1.54) is 20.5 Å². The Kier molecular flexibility index (Phi) is 5.42. The molecule has 5 heteroatoms. The van der Waals surface area contributed by atoms with Crippen LogP contribution < -0.4 is 0 Å². The number of fused-ring (bicyclic) bond motifs is 5. The predicted molar refractivity (Wildman–Crippen MR) is 166 cm³/mol. The third-order valence-electron chi connectivity index (χ3n) is 7.54. The molecular formula is C35H24N4S. The predicted octanol–water partition coefficient (Wildman–Crippen LogP) is 9.23. The van der Waals surface area contributed by atoms with Gasteiger partial charge in [0.1, 0.15) is 16.0 Å². The van der Waals surface area contributed by atoms with Crippen LogP contribution in [-0.4, -0.2) is 19.4 Å². The molecule has 0 atom stereocenters. The van der Waals surface area contributed by atoms with Crippen molar-refractivity contribution in [1.29, 1.82) is 0 Å². The van der Waals surface area contributed by atoms with E-state index in [4.69, 9.17) is 15.0 Å². The zero-order valence-electron chi connectivity index (χ0n) is 21.7. The highest BCUT2D eigenvalue weighted by molar-refractivity contribution is 7.25. The normalized spacial score (nSPS) is 13.3. The summed E-state index contributed by atoms with van der Waals surface area (Å²) < 4.78 is 3.48. The number of aromatic nitrogens is 4. The van der Waals surface area contributed by atoms with Gasteiger partial charge in [-0.1, -0.05) is 91.0 Å². The average molecular weight is 533 g/mol. The highest BCUT2D eigenvalue weighted by atomic mass is 32.1. The maximum atomic E-state index is 5.02. The van der Waals surface area contributed by atoms with E-state index >= 15 is 0 Å². The molecule has 8 rings (SSSR count). The highest BCUT2D eigenvalue weighted by Crippen LogP contribution is 2.35. The van der Waals surface area contributed by atoms with Crippen LogP contribution in [0, 0.1) is 0 Å². The molecule has 0 spiro atoms. The molecule has 0 N–H and O–H groups in total. The van der Waals surface area contributed by atoms with Gasteiger partial charge in [0.2, 0.25) is 0 Å². The molecule has 4 nitrogen and oxygen atoms in total. The Morgan fingerprint density at radius 2 is 1.45 bits per heavy atom. The molecule has 0 radical (unpaired) electrons. The lowest BCUT2D eigenvalue weighted by atomic mass is 9.99. The maximum Gasteiger partial charge on any atom is 0.160 e. The summed E-state index contributed by atoms with van der Waals surface area (Å²) in [6.07, 6.45) is 10.7. The third-order valence-corrected chi connectivity index (χ3v) is 8.70. The summed E-state index contributed by atoms with van der Waals surface area (Å²) in [5.41, 5.74) is 9.63. The zero-order chi connectivity index (χ0) is 26.5. The largest absolute Gasteiger partial charge is 0.290 e. The topological polar surface area (TPSA) is 43.1 Å². The van der Waals surface area contributed by atoms with Crippen molar-refractivity contribution in [3.8, 4) is 33.8 Å². The van der Waals surface area contributed by atoms with Crippen molar-refractivity contribution in [2.75, 3.05) is 0 Å². The van der Waals surface area contributed by atoms with E-state index in [-0.39, 0.29) is 0 Å². The van der Waals surface area contributed by atoms with Gasteiger partial charge in [-0.15, -0.1) is 11.3 Å². The first kappa shape index (κ1) is 23.1. The number of benzene rings is 3. The first-order valence-corrected chi connectivity index (χ1v) is 14.3. The quantitative estimate of drug-likeness (QED) is 0.227. The Hall–Kier alpha value is -4.87. The zero-order valence-corrected chi connectivity index (χ0v) is 22.5. The minimum atomic E-state index is 0.746. The number of thiophene rings is 1. The van der Waals surface area contributed by atoms with Crippen LogP contribution in [0.5, 0.6) is 0 Å². The van der Waals surface area contributed by atoms with E-state index in [0.717, 1.165) is 63.5 Å². The van der Waals surface area contributed by atoms with Crippen LogP contribution in [0.15, 0.2) is 121 Å².